The van der Waals surface area contributed by atoms with Crippen LogP contribution in [0.3, 0.4) is 0 Å². The number of ether oxygens (including phenoxy) is 1. The molecule has 5 heteroatoms. The summed E-state index contributed by atoms with van der Waals surface area (Å²) in [5.41, 5.74) is 4.42. The Morgan fingerprint density at radius 2 is 2.00 bits per heavy atom. The highest BCUT2D eigenvalue weighted by molar-refractivity contribution is 5.97. The Labute approximate surface area is 122 Å². The number of benzene rings is 1. The van der Waals surface area contributed by atoms with Gasteiger partial charge in [-0.05, 0) is 25.1 Å². The summed E-state index contributed by atoms with van der Waals surface area (Å²) in [4.78, 5) is 20.1. The number of methoxy groups -OCH3 is 1. The van der Waals surface area contributed by atoms with E-state index in [-0.39, 0.29) is 5.97 Å². The van der Waals surface area contributed by atoms with E-state index in [1.54, 1.807) is 6.08 Å². The summed E-state index contributed by atoms with van der Waals surface area (Å²) in [7, 11) is 1.38. The van der Waals surface area contributed by atoms with Crippen molar-refractivity contribution < 1.29 is 9.53 Å². The Morgan fingerprint density at radius 1 is 1.24 bits per heavy atom. The van der Waals surface area contributed by atoms with Crippen molar-refractivity contribution in [2.45, 2.75) is 13.3 Å². The van der Waals surface area contributed by atoms with Gasteiger partial charge in [-0.3, -0.25) is 0 Å². The number of esters is 1. The number of anilines is 2. The Morgan fingerprint density at radius 3 is 2.71 bits per heavy atom. The summed E-state index contributed by atoms with van der Waals surface area (Å²) in [5.74, 6) is 0.372. The third kappa shape index (κ3) is 2.63. The third-order valence-electron chi connectivity index (χ3n) is 3.40. The Bertz CT molecular complexity index is 721. The zero-order valence-electron chi connectivity index (χ0n) is 11.9. The SMILES string of the molecule is COC(=O)C1=Cc2c(ncnc2Nc2ccc(C)cc2)C1. The highest BCUT2D eigenvalue weighted by Gasteiger charge is 2.23. The predicted molar refractivity (Wildman–Crippen MR) is 80.2 cm³/mol. The normalized spacial score (nSPS) is 12.6. The van der Waals surface area contributed by atoms with Gasteiger partial charge in [0.1, 0.15) is 12.1 Å². The van der Waals surface area contributed by atoms with Gasteiger partial charge < -0.3 is 10.1 Å². The van der Waals surface area contributed by atoms with Gasteiger partial charge in [0.05, 0.1) is 12.8 Å². The number of nitrogens with one attached hydrogen (secondary N) is 1. The summed E-state index contributed by atoms with van der Waals surface area (Å²) in [6.45, 7) is 2.04. The number of carbonyl (C=O) groups is 1. The van der Waals surface area contributed by atoms with E-state index in [0.717, 1.165) is 16.9 Å². The maximum atomic E-state index is 11.6. The molecule has 1 aliphatic carbocycles. The molecule has 21 heavy (non-hydrogen) atoms. The van der Waals surface area contributed by atoms with Crippen molar-refractivity contribution in [1.29, 1.82) is 0 Å². The van der Waals surface area contributed by atoms with Crippen LogP contribution >= 0.6 is 0 Å². The first-order chi connectivity index (χ1) is 10.2. The molecule has 1 aromatic heterocycles. The van der Waals surface area contributed by atoms with Gasteiger partial charge in [0.25, 0.3) is 0 Å². The maximum Gasteiger partial charge on any atom is 0.334 e. The first-order valence-electron chi connectivity index (χ1n) is 6.64. The minimum Gasteiger partial charge on any atom is -0.466 e. The van der Waals surface area contributed by atoms with Crippen molar-refractivity contribution in [2.75, 3.05) is 12.4 Å². The van der Waals surface area contributed by atoms with Crippen molar-refractivity contribution in [1.82, 2.24) is 9.97 Å². The summed E-state index contributed by atoms with van der Waals surface area (Å²) in [5, 5.41) is 3.26. The summed E-state index contributed by atoms with van der Waals surface area (Å²) >= 11 is 0. The van der Waals surface area contributed by atoms with Crippen molar-refractivity contribution >= 4 is 23.6 Å². The second-order valence-corrected chi connectivity index (χ2v) is 4.91. The van der Waals surface area contributed by atoms with E-state index in [1.807, 2.05) is 31.2 Å². The van der Waals surface area contributed by atoms with Gasteiger partial charge in [0, 0.05) is 23.2 Å². The summed E-state index contributed by atoms with van der Waals surface area (Å²) in [6, 6.07) is 8.03. The van der Waals surface area contributed by atoms with Crippen LogP contribution in [0.15, 0.2) is 36.2 Å². The van der Waals surface area contributed by atoms with Crippen molar-refractivity contribution in [3.63, 3.8) is 0 Å². The van der Waals surface area contributed by atoms with Crippen LogP contribution in [0.2, 0.25) is 0 Å². The number of hydrogen-bond donors (Lipinski definition) is 1. The lowest BCUT2D eigenvalue weighted by atomic mass is 10.2. The summed E-state index contributed by atoms with van der Waals surface area (Å²) in [6.07, 6.45) is 3.77. The number of aromatic nitrogens is 2. The van der Waals surface area contributed by atoms with E-state index in [4.69, 9.17) is 4.74 Å². The fourth-order valence-electron chi connectivity index (χ4n) is 2.27. The average molecular weight is 281 g/mol. The molecule has 0 spiro atoms. The van der Waals surface area contributed by atoms with Crippen LogP contribution in [0.25, 0.3) is 6.08 Å². The van der Waals surface area contributed by atoms with Crippen LogP contribution < -0.4 is 5.32 Å². The van der Waals surface area contributed by atoms with Crippen molar-refractivity contribution in [2.24, 2.45) is 0 Å². The fraction of sp³-hybridized carbons (Fsp3) is 0.188. The van der Waals surface area contributed by atoms with E-state index in [9.17, 15) is 4.79 Å². The van der Waals surface area contributed by atoms with Crippen LogP contribution in [-0.4, -0.2) is 23.0 Å². The second kappa shape index (κ2) is 5.36. The van der Waals surface area contributed by atoms with E-state index in [2.05, 4.69) is 15.3 Å². The van der Waals surface area contributed by atoms with Crippen LogP contribution in [-0.2, 0) is 16.0 Å². The number of hydrogen-bond acceptors (Lipinski definition) is 5. The molecule has 0 fully saturated rings. The molecule has 0 radical (unpaired) electrons. The molecule has 1 N–H and O–H groups in total. The lowest BCUT2D eigenvalue weighted by molar-refractivity contribution is -0.136. The highest BCUT2D eigenvalue weighted by Crippen LogP contribution is 2.30. The molecule has 0 unspecified atom stereocenters. The van der Waals surface area contributed by atoms with Crippen LogP contribution in [0.4, 0.5) is 11.5 Å². The third-order valence-corrected chi connectivity index (χ3v) is 3.40. The average Bonchev–Trinajstić information content (AvgIpc) is 2.94. The molecule has 0 atom stereocenters. The zero-order chi connectivity index (χ0) is 14.8. The first kappa shape index (κ1) is 13.3. The molecule has 3 rings (SSSR count). The van der Waals surface area contributed by atoms with Gasteiger partial charge in [-0.2, -0.15) is 0 Å². The van der Waals surface area contributed by atoms with E-state index in [1.165, 1.54) is 19.0 Å². The Kier molecular flexibility index (Phi) is 3.39. The number of aryl methyl sites for hydroxylation is 1. The number of fused-ring (bicyclic) bond motifs is 1. The van der Waals surface area contributed by atoms with E-state index in [0.29, 0.717) is 17.8 Å². The van der Waals surface area contributed by atoms with Gasteiger partial charge in [-0.1, -0.05) is 17.7 Å². The lowest BCUT2D eigenvalue weighted by Crippen LogP contribution is -2.04. The molecule has 2 aromatic rings. The van der Waals surface area contributed by atoms with Crippen LogP contribution in [0, 0.1) is 6.92 Å². The molecule has 0 aliphatic heterocycles. The van der Waals surface area contributed by atoms with Gasteiger partial charge in [-0.15, -0.1) is 0 Å². The molecule has 0 saturated carbocycles. The molecule has 5 nitrogen and oxygen atoms in total. The van der Waals surface area contributed by atoms with Gasteiger partial charge in [-0.25, -0.2) is 14.8 Å². The molecule has 0 saturated heterocycles. The van der Waals surface area contributed by atoms with Crippen molar-refractivity contribution in [3.8, 4) is 0 Å². The van der Waals surface area contributed by atoms with E-state index >= 15 is 0 Å². The molecular formula is C16H15N3O2. The molecule has 1 aromatic carbocycles. The van der Waals surface area contributed by atoms with Gasteiger partial charge in [0.2, 0.25) is 0 Å². The van der Waals surface area contributed by atoms with E-state index < -0.39 is 0 Å². The maximum absolute atomic E-state index is 11.6. The van der Waals surface area contributed by atoms with Gasteiger partial charge in [0.15, 0.2) is 0 Å². The summed E-state index contributed by atoms with van der Waals surface area (Å²) < 4.78 is 4.76. The fourth-order valence-corrected chi connectivity index (χ4v) is 2.27. The lowest BCUT2D eigenvalue weighted by Gasteiger charge is -2.08. The number of carbonyl (C=O) groups excluding carboxylic acids is 1. The Balaban J connectivity index is 1.92. The highest BCUT2D eigenvalue weighted by atomic mass is 16.5. The molecular weight excluding hydrogens is 266 g/mol. The number of rotatable bonds is 3. The largest absolute Gasteiger partial charge is 0.466 e. The van der Waals surface area contributed by atoms with Gasteiger partial charge >= 0.3 is 5.97 Å². The standard InChI is InChI=1S/C16H15N3O2/c1-10-3-5-12(6-4-10)19-15-13-7-11(16(20)21-2)8-14(13)17-9-18-15/h3-7,9H,8H2,1-2H3,(H,17,18,19). The van der Waals surface area contributed by atoms with Crippen LogP contribution in [0.5, 0.6) is 0 Å². The first-order valence-corrected chi connectivity index (χ1v) is 6.64. The van der Waals surface area contributed by atoms with Crippen molar-refractivity contribution in [3.05, 3.63) is 53.0 Å². The molecule has 0 amide bonds. The predicted octanol–water partition coefficient (Wildman–Crippen LogP) is 2.64. The monoisotopic (exact) mass is 281 g/mol. The quantitative estimate of drug-likeness (QED) is 0.876. The minimum atomic E-state index is -0.325. The number of nitrogens with zero attached hydrogens (tertiary/aromatic N) is 2. The molecule has 1 heterocycles. The second-order valence-electron chi connectivity index (χ2n) is 4.91. The smallest absolute Gasteiger partial charge is 0.334 e. The minimum absolute atomic E-state index is 0.325. The molecule has 1 aliphatic rings. The molecule has 0 bridgehead atoms. The topological polar surface area (TPSA) is 64.1 Å². The Hall–Kier alpha value is -2.69. The molecule has 106 valence electrons. The van der Waals surface area contributed by atoms with Crippen LogP contribution in [0.1, 0.15) is 16.8 Å². The zero-order valence-corrected chi connectivity index (χ0v) is 11.9.